The molecule has 1 aromatic carbocycles. The predicted molar refractivity (Wildman–Crippen MR) is 68.2 cm³/mol. The Hall–Kier alpha value is -2.41. The minimum absolute atomic E-state index is 0.00209. The van der Waals surface area contributed by atoms with E-state index in [0.29, 0.717) is 5.56 Å². The van der Waals surface area contributed by atoms with Gasteiger partial charge in [0.2, 0.25) is 0 Å². The molecule has 100 valence electrons. The van der Waals surface area contributed by atoms with Crippen LogP contribution in [0, 0.1) is 12.7 Å². The van der Waals surface area contributed by atoms with Crippen molar-refractivity contribution in [1.82, 2.24) is 9.97 Å². The number of aromatic nitrogens is 2. The van der Waals surface area contributed by atoms with Crippen LogP contribution in [0.1, 0.15) is 5.69 Å². The lowest BCUT2D eigenvalue weighted by Gasteiger charge is -2.09. The molecule has 19 heavy (non-hydrogen) atoms. The second-order valence-electron chi connectivity index (χ2n) is 3.83. The molecular formula is C12H13FN4O2. The van der Waals surface area contributed by atoms with Crippen LogP contribution >= 0.6 is 0 Å². The summed E-state index contributed by atoms with van der Waals surface area (Å²) in [5.41, 5.74) is 2.93. The standard InChI is InChI=1S/C12H13FN4O2/c1-6-10(13)12(17-14)16-11(15-6)7-3-4-8(18)9(5-7)19-2/h3-5,18H,14H2,1-2H3,(H,15,16,17). The molecule has 0 spiro atoms. The summed E-state index contributed by atoms with van der Waals surface area (Å²) in [7, 11) is 1.43. The number of hydrogen-bond acceptors (Lipinski definition) is 6. The Morgan fingerprint density at radius 2 is 2.11 bits per heavy atom. The highest BCUT2D eigenvalue weighted by Crippen LogP contribution is 2.30. The molecule has 0 amide bonds. The SMILES string of the molecule is COc1cc(-c2nc(C)c(F)c(NN)n2)ccc1O. The van der Waals surface area contributed by atoms with E-state index in [4.69, 9.17) is 10.6 Å². The van der Waals surface area contributed by atoms with Crippen LogP contribution < -0.4 is 16.0 Å². The molecule has 0 saturated carbocycles. The first-order valence-corrected chi connectivity index (χ1v) is 5.45. The molecule has 0 unspecified atom stereocenters. The summed E-state index contributed by atoms with van der Waals surface area (Å²) in [6.45, 7) is 1.51. The van der Waals surface area contributed by atoms with Crippen molar-refractivity contribution in [2.45, 2.75) is 6.92 Å². The largest absolute Gasteiger partial charge is 0.504 e. The number of nitrogens with one attached hydrogen (secondary N) is 1. The Labute approximate surface area is 109 Å². The Balaban J connectivity index is 2.55. The van der Waals surface area contributed by atoms with E-state index in [1.54, 1.807) is 12.1 Å². The molecule has 2 rings (SSSR count). The quantitative estimate of drug-likeness (QED) is 0.576. The fourth-order valence-corrected chi connectivity index (χ4v) is 1.60. The minimum atomic E-state index is -0.600. The molecular weight excluding hydrogens is 251 g/mol. The van der Waals surface area contributed by atoms with Crippen LogP contribution in [-0.4, -0.2) is 22.2 Å². The maximum atomic E-state index is 13.6. The summed E-state index contributed by atoms with van der Waals surface area (Å²) in [6.07, 6.45) is 0. The predicted octanol–water partition coefficient (Wildman–Crippen LogP) is 1.59. The molecule has 0 bridgehead atoms. The number of nitrogen functional groups attached to an aromatic ring is 1. The van der Waals surface area contributed by atoms with Crippen LogP contribution in [0.15, 0.2) is 18.2 Å². The Bertz CT molecular complexity index is 619. The van der Waals surface area contributed by atoms with Gasteiger partial charge in [-0.2, -0.15) is 0 Å². The van der Waals surface area contributed by atoms with Crippen molar-refractivity contribution in [3.8, 4) is 22.9 Å². The molecule has 1 heterocycles. The van der Waals surface area contributed by atoms with Crippen LogP contribution in [0.4, 0.5) is 10.2 Å². The normalized spacial score (nSPS) is 10.3. The zero-order chi connectivity index (χ0) is 14.0. The summed E-state index contributed by atoms with van der Waals surface area (Å²) in [5.74, 6) is 5.08. The van der Waals surface area contributed by atoms with Crippen molar-refractivity contribution >= 4 is 5.82 Å². The number of methoxy groups -OCH3 is 1. The second-order valence-corrected chi connectivity index (χ2v) is 3.83. The first kappa shape index (κ1) is 13.0. The number of phenolic OH excluding ortho intramolecular Hbond substituents is 1. The van der Waals surface area contributed by atoms with Crippen LogP contribution in [0.25, 0.3) is 11.4 Å². The summed E-state index contributed by atoms with van der Waals surface area (Å²) >= 11 is 0. The first-order valence-electron chi connectivity index (χ1n) is 5.45. The second kappa shape index (κ2) is 5.07. The fraction of sp³-hybridized carbons (Fsp3) is 0.167. The lowest BCUT2D eigenvalue weighted by atomic mass is 10.2. The van der Waals surface area contributed by atoms with E-state index in [9.17, 15) is 9.50 Å². The van der Waals surface area contributed by atoms with E-state index in [0.717, 1.165) is 0 Å². The lowest BCUT2D eigenvalue weighted by Crippen LogP contribution is -2.13. The van der Waals surface area contributed by atoms with E-state index >= 15 is 0 Å². The van der Waals surface area contributed by atoms with Crippen LogP contribution in [-0.2, 0) is 0 Å². The van der Waals surface area contributed by atoms with Gasteiger partial charge in [-0.05, 0) is 25.1 Å². The van der Waals surface area contributed by atoms with E-state index in [1.807, 2.05) is 0 Å². The van der Waals surface area contributed by atoms with Gasteiger partial charge in [-0.25, -0.2) is 20.2 Å². The Morgan fingerprint density at radius 3 is 2.74 bits per heavy atom. The topological polar surface area (TPSA) is 93.3 Å². The van der Waals surface area contributed by atoms with Crippen molar-refractivity contribution in [1.29, 1.82) is 0 Å². The summed E-state index contributed by atoms with van der Waals surface area (Å²) < 4.78 is 18.6. The molecule has 7 heteroatoms. The number of aromatic hydroxyl groups is 1. The Kier molecular flexibility index (Phi) is 3.48. The van der Waals surface area contributed by atoms with Gasteiger partial charge < -0.3 is 15.3 Å². The number of halogens is 1. The van der Waals surface area contributed by atoms with E-state index in [1.165, 1.54) is 20.1 Å². The van der Waals surface area contributed by atoms with Gasteiger partial charge in [0.25, 0.3) is 0 Å². The van der Waals surface area contributed by atoms with Gasteiger partial charge >= 0.3 is 0 Å². The van der Waals surface area contributed by atoms with Gasteiger partial charge in [0.05, 0.1) is 12.8 Å². The molecule has 0 aliphatic carbocycles. The number of anilines is 1. The van der Waals surface area contributed by atoms with E-state index in [2.05, 4.69) is 15.4 Å². The molecule has 2 aromatic rings. The van der Waals surface area contributed by atoms with Crippen molar-refractivity contribution < 1.29 is 14.2 Å². The number of nitrogens with two attached hydrogens (primary N) is 1. The van der Waals surface area contributed by atoms with E-state index < -0.39 is 5.82 Å². The molecule has 6 nitrogen and oxygen atoms in total. The third-order valence-corrected chi connectivity index (χ3v) is 2.59. The highest BCUT2D eigenvalue weighted by molar-refractivity contribution is 5.62. The number of hydrazine groups is 1. The maximum absolute atomic E-state index is 13.6. The average Bonchev–Trinajstić information content (AvgIpc) is 2.42. The summed E-state index contributed by atoms with van der Waals surface area (Å²) in [4.78, 5) is 8.01. The van der Waals surface area contributed by atoms with Crippen LogP contribution in [0.2, 0.25) is 0 Å². The smallest absolute Gasteiger partial charge is 0.187 e. The molecule has 0 saturated heterocycles. The third-order valence-electron chi connectivity index (χ3n) is 2.59. The number of hydrogen-bond donors (Lipinski definition) is 3. The molecule has 0 atom stereocenters. The molecule has 0 fully saturated rings. The number of nitrogens with zero attached hydrogens (tertiary/aromatic N) is 2. The number of phenols is 1. The number of ether oxygens (including phenoxy) is 1. The van der Waals surface area contributed by atoms with Crippen LogP contribution in [0.3, 0.4) is 0 Å². The maximum Gasteiger partial charge on any atom is 0.187 e. The van der Waals surface area contributed by atoms with Crippen molar-refractivity contribution in [3.63, 3.8) is 0 Å². The summed E-state index contributed by atoms with van der Waals surface area (Å²) in [5, 5.41) is 9.52. The van der Waals surface area contributed by atoms with Gasteiger partial charge in [-0.15, -0.1) is 0 Å². The molecule has 4 N–H and O–H groups in total. The fourth-order valence-electron chi connectivity index (χ4n) is 1.60. The number of benzene rings is 1. The van der Waals surface area contributed by atoms with Crippen molar-refractivity contribution in [2.75, 3.05) is 12.5 Å². The molecule has 0 radical (unpaired) electrons. The van der Waals surface area contributed by atoms with Crippen molar-refractivity contribution in [2.24, 2.45) is 5.84 Å². The minimum Gasteiger partial charge on any atom is -0.504 e. The van der Waals surface area contributed by atoms with Gasteiger partial charge in [0, 0.05) is 5.56 Å². The number of rotatable bonds is 3. The van der Waals surface area contributed by atoms with Gasteiger partial charge in [0.1, 0.15) is 0 Å². The monoisotopic (exact) mass is 264 g/mol. The molecule has 0 aliphatic heterocycles. The highest BCUT2D eigenvalue weighted by Gasteiger charge is 2.13. The summed E-state index contributed by atoms with van der Waals surface area (Å²) in [6, 6.07) is 4.61. The van der Waals surface area contributed by atoms with Crippen LogP contribution in [0.5, 0.6) is 11.5 Å². The van der Waals surface area contributed by atoms with E-state index in [-0.39, 0.29) is 28.8 Å². The zero-order valence-corrected chi connectivity index (χ0v) is 10.4. The van der Waals surface area contributed by atoms with Gasteiger partial charge in [-0.3, -0.25) is 0 Å². The number of aryl methyl sites for hydroxylation is 1. The first-order chi connectivity index (χ1) is 9.06. The molecule has 0 aliphatic rings. The van der Waals surface area contributed by atoms with Gasteiger partial charge in [-0.1, -0.05) is 0 Å². The Morgan fingerprint density at radius 1 is 1.37 bits per heavy atom. The third kappa shape index (κ3) is 2.41. The van der Waals surface area contributed by atoms with Crippen molar-refractivity contribution in [3.05, 3.63) is 29.7 Å². The molecule has 1 aromatic heterocycles. The average molecular weight is 264 g/mol. The van der Waals surface area contributed by atoms with Gasteiger partial charge in [0.15, 0.2) is 29.0 Å². The highest BCUT2D eigenvalue weighted by atomic mass is 19.1. The lowest BCUT2D eigenvalue weighted by molar-refractivity contribution is 0.373. The zero-order valence-electron chi connectivity index (χ0n) is 10.4.